The van der Waals surface area contributed by atoms with Crippen LogP contribution in [0.25, 0.3) is 0 Å². The molecule has 0 saturated carbocycles. The summed E-state index contributed by atoms with van der Waals surface area (Å²) in [7, 11) is 1.52. The number of amides is 3. The molecule has 0 spiro atoms. The molecule has 3 amide bonds. The Morgan fingerprint density at radius 3 is 2.34 bits per heavy atom. The molecule has 0 aliphatic carbocycles. The van der Waals surface area contributed by atoms with Crippen molar-refractivity contribution in [2.45, 2.75) is 33.2 Å². The fraction of sp³-hybridized carbons (Fsp3) is 0.375. The van der Waals surface area contributed by atoms with Gasteiger partial charge in [0.1, 0.15) is 11.8 Å². The third-order valence-corrected chi connectivity index (χ3v) is 5.19. The zero-order valence-corrected chi connectivity index (χ0v) is 19.6. The highest BCUT2D eigenvalue weighted by atomic mass is 35.5. The number of methoxy groups -OCH3 is 1. The van der Waals surface area contributed by atoms with Crippen LogP contribution in [-0.2, 0) is 9.59 Å². The lowest BCUT2D eigenvalue weighted by Crippen LogP contribution is -2.53. The van der Waals surface area contributed by atoms with Gasteiger partial charge in [0, 0.05) is 6.54 Å². The van der Waals surface area contributed by atoms with Crippen LogP contribution in [0.1, 0.15) is 37.6 Å². The molecule has 0 saturated heterocycles. The number of benzene rings is 2. The van der Waals surface area contributed by atoms with Crippen molar-refractivity contribution in [3.05, 3.63) is 59.1 Å². The van der Waals surface area contributed by atoms with Crippen molar-refractivity contribution in [3.63, 3.8) is 0 Å². The van der Waals surface area contributed by atoms with Crippen LogP contribution in [0.5, 0.6) is 5.75 Å². The molecule has 2 N–H and O–H groups in total. The number of para-hydroxylation sites is 2. The zero-order valence-electron chi connectivity index (χ0n) is 18.9. The Morgan fingerprint density at radius 2 is 1.72 bits per heavy atom. The first kappa shape index (κ1) is 25.2. The number of rotatable bonds is 10. The van der Waals surface area contributed by atoms with Gasteiger partial charge in [-0.3, -0.25) is 14.4 Å². The molecule has 0 aromatic heterocycles. The quantitative estimate of drug-likeness (QED) is 0.562. The number of ether oxygens (including phenoxy) is 1. The van der Waals surface area contributed by atoms with Crippen molar-refractivity contribution in [3.8, 4) is 5.75 Å². The van der Waals surface area contributed by atoms with Gasteiger partial charge in [-0.1, -0.05) is 56.6 Å². The molecule has 0 aliphatic rings. The second-order valence-corrected chi connectivity index (χ2v) is 8.09. The minimum Gasteiger partial charge on any atom is -0.495 e. The number of anilines is 1. The van der Waals surface area contributed by atoms with Crippen LogP contribution in [-0.4, -0.2) is 48.9 Å². The molecule has 8 heteroatoms. The first-order valence-electron chi connectivity index (χ1n) is 10.6. The van der Waals surface area contributed by atoms with E-state index >= 15 is 0 Å². The topological polar surface area (TPSA) is 87.7 Å². The molecule has 32 heavy (non-hydrogen) atoms. The summed E-state index contributed by atoms with van der Waals surface area (Å²) in [6.07, 6.45) is 0.664. The summed E-state index contributed by atoms with van der Waals surface area (Å²) < 4.78 is 5.26. The van der Waals surface area contributed by atoms with Gasteiger partial charge in [-0.05, 0) is 36.6 Å². The minimum atomic E-state index is -0.801. The van der Waals surface area contributed by atoms with Gasteiger partial charge in [0.15, 0.2) is 0 Å². The number of carbonyl (C=O) groups excluding carboxylic acids is 3. The molecule has 0 radical (unpaired) electrons. The summed E-state index contributed by atoms with van der Waals surface area (Å²) in [6, 6.07) is 12.9. The molecule has 172 valence electrons. The van der Waals surface area contributed by atoms with Crippen LogP contribution in [0.3, 0.4) is 0 Å². The molecule has 0 heterocycles. The predicted molar refractivity (Wildman–Crippen MR) is 126 cm³/mol. The fourth-order valence-corrected chi connectivity index (χ4v) is 3.44. The maximum atomic E-state index is 13.3. The third-order valence-electron chi connectivity index (χ3n) is 4.86. The Kier molecular flexibility index (Phi) is 9.53. The molecule has 2 aromatic rings. The number of nitrogens with one attached hydrogen (secondary N) is 2. The van der Waals surface area contributed by atoms with E-state index in [-0.39, 0.29) is 24.3 Å². The summed E-state index contributed by atoms with van der Waals surface area (Å²) in [5.74, 6) is -0.766. The monoisotopic (exact) mass is 459 g/mol. The summed E-state index contributed by atoms with van der Waals surface area (Å²) in [6.45, 7) is 5.84. The van der Waals surface area contributed by atoms with Crippen molar-refractivity contribution in [1.82, 2.24) is 10.2 Å². The zero-order chi connectivity index (χ0) is 23.7. The highest BCUT2D eigenvalue weighted by Gasteiger charge is 2.30. The lowest BCUT2D eigenvalue weighted by atomic mass is 10.0. The molecule has 0 aliphatic heterocycles. The van der Waals surface area contributed by atoms with Gasteiger partial charge in [0.2, 0.25) is 11.8 Å². The van der Waals surface area contributed by atoms with Gasteiger partial charge in [-0.25, -0.2) is 0 Å². The standard InChI is InChI=1S/C24H30ClN3O4/c1-5-14-28(15-21(29)26-19-12-8-9-13-20(19)32-4)24(31)22(16(2)3)27-23(30)17-10-6-7-11-18(17)25/h6-13,16,22H,5,14-15H2,1-4H3,(H,26,29)(H,27,30)/t22-/m0/s1. The summed E-state index contributed by atoms with van der Waals surface area (Å²) >= 11 is 6.13. The van der Waals surface area contributed by atoms with E-state index in [1.165, 1.54) is 12.0 Å². The Balaban J connectivity index is 2.15. The molecule has 2 aromatic carbocycles. The van der Waals surface area contributed by atoms with E-state index in [0.29, 0.717) is 35.0 Å². The number of carbonyl (C=O) groups is 3. The number of nitrogens with zero attached hydrogens (tertiary/aromatic N) is 1. The third kappa shape index (κ3) is 6.72. The number of halogens is 1. The number of hydrogen-bond donors (Lipinski definition) is 2. The molecule has 2 rings (SSSR count). The van der Waals surface area contributed by atoms with Gasteiger partial charge in [0.05, 0.1) is 29.9 Å². The van der Waals surface area contributed by atoms with Gasteiger partial charge in [-0.15, -0.1) is 0 Å². The Morgan fingerprint density at radius 1 is 1.06 bits per heavy atom. The van der Waals surface area contributed by atoms with Gasteiger partial charge >= 0.3 is 0 Å². The first-order chi connectivity index (χ1) is 15.3. The lowest BCUT2D eigenvalue weighted by molar-refractivity contribution is -0.137. The average Bonchev–Trinajstić information content (AvgIpc) is 2.77. The Hall–Kier alpha value is -3.06. The highest BCUT2D eigenvalue weighted by Crippen LogP contribution is 2.23. The van der Waals surface area contributed by atoms with E-state index in [4.69, 9.17) is 16.3 Å². The van der Waals surface area contributed by atoms with E-state index in [9.17, 15) is 14.4 Å². The molecule has 1 atom stereocenters. The first-order valence-corrected chi connectivity index (χ1v) is 10.9. The average molecular weight is 460 g/mol. The van der Waals surface area contributed by atoms with E-state index in [0.717, 1.165) is 0 Å². The van der Waals surface area contributed by atoms with Crippen LogP contribution in [0.15, 0.2) is 48.5 Å². The fourth-order valence-electron chi connectivity index (χ4n) is 3.22. The second-order valence-electron chi connectivity index (χ2n) is 7.68. The van der Waals surface area contributed by atoms with Gasteiger partial charge in [0.25, 0.3) is 5.91 Å². The van der Waals surface area contributed by atoms with E-state index in [1.807, 2.05) is 20.8 Å². The van der Waals surface area contributed by atoms with Crippen molar-refractivity contribution < 1.29 is 19.1 Å². The predicted octanol–water partition coefficient (Wildman–Crippen LogP) is 3.98. The lowest BCUT2D eigenvalue weighted by Gasteiger charge is -2.29. The molecule has 0 unspecified atom stereocenters. The summed E-state index contributed by atoms with van der Waals surface area (Å²) in [5.41, 5.74) is 0.819. The summed E-state index contributed by atoms with van der Waals surface area (Å²) in [4.78, 5) is 40.2. The van der Waals surface area contributed by atoms with Crippen LogP contribution in [0.2, 0.25) is 5.02 Å². The van der Waals surface area contributed by atoms with Crippen molar-refractivity contribution in [2.24, 2.45) is 5.92 Å². The second kappa shape index (κ2) is 12.1. The molecule has 0 fully saturated rings. The van der Waals surface area contributed by atoms with Gasteiger partial charge in [-0.2, -0.15) is 0 Å². The SMILES string of the molecule is CCCN(CC(=O)Nc1ccccc1OC)C(=O)[C@@H](NC(=O)c1ccccc1Cl)C(C)C. The van der Waals surface area contributed by atoms with Gasteiger partial charge < -0.3 is 20.3 Å². The minimum absolute atomic E-state index is 0.143. The van der Waals surface area contributed by atoms with Crippen LogP contribution < -0.4 is 15.4 Å². The Bertz CT molecular complexity index is 948. The molecular formula is C24H30ClN3O4. The largest absolute Gasteiger partial charge is 0.495 e. The van der Waals surface area contributed by atoms with E-state index in [1.54, 1.807) is 48.5 Å². The van der Waals surface area contributed by atoms with Crippen molar-refractivity contribution >= 4 is 35.0 Å². The van der Waals surface area contributed by atoms with Crippen molar-refractivity contribution in [1.29, 1.82) is 0 Å². The van der Waals surface area contributed by atoms with E-state index in [2.05, 4.69) is 10.6 Å². The number of hydrogen-bond acceptors (Lipinski definition) is 4. The molecule has 7 nitrogen and oxygen atoms in total. The van der Waals surface area contributed by atoms with Crippen molar-refractivity contribution in [2.75, 3.05) is 25.5 Å². The maximum Gasteiger partial charge on any atom is 0.253 e. The van der Waals surface area contributed by atoms with Crippen LogP contribution in [0.4, 0.5) is 5.69 Å². The highest BCUT2D eigenvalue weighted by molar-refractivity contribution is 6.33. The molecular weight excluding hydrogens is 430 g/mol. The van der Waals surface area contributed by atoms with E-state index < -0.39 is 11.9 Å². The normalized spacial score (nSPS) is 11.6. The van der Waals surface area contributed by atoms with Crippen LogP contribution in [0, 0.1) is 5.92 Å². The molecule has 0 bridgehead atoms. The smallest absolute Gasteiger partial charge is 0.253 e. The Labute approximate surface area is 194 Å². The summed E-state index contributed by atoms with van der Waals surface area (Å²) in [5, 5.41) is 5.88. The maximum absolute atomic E-state index is 13.3. The van der Waals surface area contributed by atoms with Crippen LogP contribution >= 0.6 is 11.6 Å².